The number of nitrogens with two attached hydrogens (primary N) is 1. The second-order valence-corrected chi connectivity index (χ2v) is 8.30. The van der Waals surface area contributed by atoms with Crippen molar-refractivity contribution in [2.75, 3.05) is 6.54 Å². The topological polar surface area (TPSA) is 46.3 Å². The molecule has 3 nitrogen and oxygen atoms in total. The summed E-state index contributed by atoms with van der Waals surface area (Å²) in [5, 5.41) is 0. The second-order valence-electron chi connectivity index (χ2n) is 8.30. The molecule has 1 amide bonds. The number of hydrogen-bond donors (Lipinski definition) is 1. The third kappa shape index (κ3) is 3.59. The number of carbonyl (C=O) groups is 1. The first-order valence-corrected chi connectivity index (χ1v) is 9.76. The Morgan fingerprint density at radius 1 is 1.04 bits per heavy atom. The molecule has 0 spiro atoms. The molecule has 1 heterocycles. The van der Waals surface area contributed by atoms with Crippen LogP contribution in [0.1, 0.15) is 62.1 Å². The van der Waals surface area contributed by atoms with E-state index in [0.29, 0.717) is 23.8 Å². The number of hydrogen-bond acceptors (Lipinski definition) is 2. The first-order valence-electron chi connectivity index (χ1n) is 9.76. The lowest BCUT2D eigenvalue weighted by molar-refractivity contribution is -0.139. The largest absolute Gasteiger partial charge is 0.335 e. The van der Waals surface area contributed by atoms with Crippen molar-refractivity contribution in [1.82, 2.24) is 4.90 Å². The standard InChI is InChI=1S/C21H30N2O.ClH/c1-14-7-9-15(10-8-14)19-6-3-11-23(19)21(24)18-12-16-4-2-5-17(13-18)20(16)22;/h7-10,16-20H,2-6,11-13,22H2,1H3;1H. The minimum atomic E-state index is 0. The van der Waals surface area contributed by atoms with Gasteiger partial charge in [0, 0.05) is 18.5 Å². The van der Waals surface area contributed by atoms with E-state index in [1.54, 1.807) is 0 Å². The van der Waals surface area contributed by atoms with E-state index >= 15 is 0 Å². The maximum absolute atomic E-state index is 13.3. The van der Waals surface area contributed by atoms with Crippen LogP contribution in [0.4, 0.5) is 0 Å². The number of fused-ring (bicyclic) bond motifs is 2. The van der Waals surface area contributed by atoms with E-state index < -0.39 is 0 Å². The van der Waals surface area contributed by atoms with Crippen LogP contribution in [-0.2, 0) is 4.79 Å². The molecule has 0 aromatic heterocycles. The van der Waals surface area contributed by atoms with Crippen LogP contribution in [-0.4, -0.2) is 23.4 Å². The highest BCUT2D eigenvalue weighted by atomic mass is 35.5. The Morgan fingerprint density at radius 3 is 2.32 bits per heavy atom. The van der Waals surface area contributed by atoms with Gasteiger partial charge in [-0.3, -0.25) is 4.79 Å². The molecule has 0 radical (unpaired) electrons. The Hall–Kier alpha value is -1.06. The van der Waals surface area contributed by atoms with Crippen LogP contribution in [0.15, 0.2) is 24.3 Å². The number of carbonyl (C=O) groups excluding carboxylic acids is 1. The molecule has 1 saturated heterocycles. The van der Waals surface area contributed by atoms with Crippen LogP contribution in [0, 0.1) is 24.7 Å². The quantitative estimate of drug-likeness (QED) is 0.855. The van der Waals surface area contributed by atoms with Gasteiger partial charge < -0.3 is 10.6 Å². The summed E-state index contributed by atoms with van der Waals surface area (Å²) in [6.07, 6.45) is 8.03. The lowest BCUT2D eigenvalue weighted by Crippen LogP contribution is -2.49. The fourth-order valence-electron chi connectivity index (χ4n) is 5.39. The van der Waals surface area contributed by atoms with Crippen molar-refractivity contribution >= 4 is 18.3 Å². The third-order valence-corrected chi connectivity index (χ3v) is 6.76. The molecule has 4 heteroatoms. The van der Waals surface area contributed by atoms with Crippen molar-refractivity contribution in [2.45, 2.75) is 64.0 Å². The van der Waals surface area contributed by atoms with E-state index in [0.717, 1.165) is 32.2 Å². The van der Waals surface area contributed by atoms with Crippen molar-refractivity contribution in [1.29, 1.82) is 0 Å². The molecule has 3 fully saturated rings. The monoisotopic (exact) mass is 362 g/mol. The summed E-state index contributed by atoms with van der Waals surface area (Å²) in [6, 6.07) is 9.37. The normalized spacial score (nSPS) is 34.5. The number of aryl methyl sites for hydroxylation is 1. The highest BCUT2D eigenvalue weighted by Crippen LogP contribution is 2.44. The van der Waals surface area contributed by atoms with E-state index in [2.05, 4.69) is 36.1 Å². The minimum absolute atomic E-state index is 0. The molecule has 4 rings (SSSR count). The zero-order valence-electron chi connectivity index (χ0n) is 15.2. The summed E-state index contributed by atoms with van der Waals surface area (Å²) in [5.74, 6) is 1.77. The molecule has 2 saturated carbocycles. The van der Waals surface area contributed by atoms with Gasteiger partial charge in [-0.25, -0.2) is 0 Å². The van der Waals surface area contributed by atoms with E-state index in [-0.39, 0.29) is 24.4 Å². The summed E-state index contributed by atoms with van der Waals surface area (Å²) in [5.41, 5.74) is 8.99. The molecular weight excluding hydrogens is 332 g/mol. The Morgan fingerprint density at radius 2 is 1.68 bits per heavy atom. The van der Waals surface area contributed by atoms with Crippen molar-refractivity contribution < 1.29 is 4.79 Å². The summed E-state index contributed by atoms with van der Waals surface area (Å²) < 4.78 is 0. The smallest absolute Gasteiger partial charge is 0.226 e. The van der Waals surface area contributed by atoms with Crippen LogP contribution in [0.25, 0.3) is 0 Å². The van der Waals surface area contributed by atoms with Gasteiger partial charge in [0.15, 0.2) is 0 Å². The van der Waals surface area contributed by atoms with Gasteiger partial charge in [0.25, 0.3) is 0 Å². The fraction of sp³-hybridized carbons (Fsp3) is 0.667. The van der Waals surface area contributed by atoms with Gasteiger partial charge in [0.1, 0.15) is 0 Å². The van der Waals surface area contributed by atoms with Crippen LogP contribution in [0.2, 0.25) is 0 Å². The molecular formula is C21H31ClN2O. The van der Waals surface area contributed by atoms with Crippen LogP contribution >= 0.6 is 12.4 Å². The highest BCUT2D eigenvalue weighted by molar-refractivity contribution is 5.85. The molecule has 1 aliphatic heterocycles. The van der Waals surface area contributed by atoms with Crippen LogP contribution in [0.3, 0.4) is 0 Å². The molecule has 1 aromatic rings. The van der Waals surface area contributed by atoms with Crippen molar-refractivity contribution in [3.05, 3.63) is 35.4 Å². The molecule has 2 bridgehead atoms. The summed E-state index contributed by atoms with van der Waals surface area (Å²) >= 11 is 0. The van der Waals surface area contributed by atoms with Gasteiger partial charge in [-0.1, -0.05) is 36.2 Å². The number of rotatable bonds is 2. The molecule has 3 atom stereocenters. The fourth-order valence-corrected chi connectivity index (χ4v) is 5.39. The van der Waals surface area contributed by atoms with Gasteiger partial charge in [0.05, 0.1) is 6.04 Å². The lowest BCUT2D eigenvalue weighted by Gasteiger charge is -2.44. The number of benzene rings is 1. The summed E-state index contributed by atoms with van der Waals surface area (Å²) in [7, 11) is 0. The third-order valence-electron chi connectivity index (χ3n) is 6.76. The molecule has 138 valence electrons. The number of likely N-dealkylation sites (tertiary alicyclic amines) is 1. The summed E-state index contributed by atoms with van der Waals surface area (Å²) in [4.78, 5) is 15.5. The lowest BCUT2D eigenvalue weighted by atomic mass is 9.65. The SMILES string of the molecule is Cc1ccc(C2CCCN2C(=O)C2CC3CCCC(C2)C3N)cc1.Cl. The van der Waals surface area contributed by atoms with E-state index in [9.17, 15) is 4.79 Å². The van der Waals surface area contributed by atoms with Crippen LogP contribution < -0.4 is 5.73 Å². The first-order chi connectivity index (χ1) is 11.6. The van der Waals surface area contributed by atoms with E-state index in [1.165, 1.54) is 30.4 Å². The Bertz CT molecular complexity index is 588. The number of halogens is 1. The predicted molar refractivity (Wildman–Crippen MR) is 104 cm³/mol. The van der Waals surface area contributed by atoms with E-state index in [1.807, 2.05) is 0 Å². The van der Waals surface area contributed by atoms with Gasteiger partial charge >= 0.3 is 0 Å². The number of nitrogens with zero attached hydrogens (tertiary/aromatic N) is 1. The highest BCUT2D eigenvalue weighted by Gasteiger charge is 2.43. The average Bonchev–Trinajstić information content (AvgIpc) is 3.04. The Balaban J connectivity index is 0.00000182. The minimum Gasteiger partial charge on any atom is -0.335 e. The predicted octanol–water partition coefficient (Wildman–Crippen LogP) is 4.23. The molecule has 1 aromatic carbocycles. The molecule has 3 unspecified atom stereocenters. The van der Waals surface area contributed by atoms with Gasteiger partial charge in [-0.05, 0) is 62.8 Å². The maximum atomic E-state index is 13.3. The summed E-state index contributed by atoms with van der Waals surface area (Å²) in [6.45, 7) is 3.04. The van der Waals surface area contributed by atoms with Crippen molar-refractivity contribution in [3.8, 4) is 0 Å². The van der Waals surface area contributed by atoms with E-state index in [4.69, 9.17) is 5.73 Å². The van der Waals surface area contributed by atoms with Crippen LogP contribution in [0.5, 0.6) is 0 Å². The van der Waals surface area contributed by atoms with Crippen molar-refractivity contribution in [2.24, 2.45) is 23.5 Å². The zero-order valence-corrected chi connectivity index (χ0v) is 16.0. The molecule has 2 N–H and O–H groups in total. The molecule has 2 aliphatic carbocycles. The first kappa shape index (κ1) is 18.7. The van der Waals surface area contributed by atoms with Gasteiger partial charge in [-0.15, -0.1) is 12.4 Å². The number of amides is 1. The Kier molecular flexibility index (Phi) is 5.75. The molecule has 25 heavy (non-hydrogen) atoms. The second kappa shape index (κ2) is 7.67. The van der Waals surface area contributed by atoms with Gasteiger partial charge in [-0.2, -0.15) is 0 Å². The molecule has 3 aliphatic rings. The maximum Gasteiger partial charge on any atom is 0.226 e. The van der Waals surface area contributed by atoms with Gasteiger partial charge in [0.2, 0.25) is 5.91 Å². The zero-order chi connectivity index (χ0) is 16.7. The average molecular weight is 363 g/mol. The Labute approximate surface area is 157 Å². The van der Waals surface area contributed by atoms with Crippen molar-refractivity contribution in [3.63, 3.8) is 0 Å².